The second kappa shape index (κ2) is 5.57. The van der Waals surface area contributed by atoms with Gasteiger partial charge in [0, 0.05) is 18.2 Å². The van der Waals surface area contributed by atoms with Crippen LogP contribution in [0.4, 0.5) is 11.4 Å². The minimum absolute atomic E-state index is 0.0186. The Balaban J connectivity index is 2.22. The number of carbonyl (C=O) groups is 1. The lowest BCUT2D eigenvalue weighted by molar-refractivity contribution is -0.384. The van der Waals surface area contributed by atoms with E-state index in [0.29, 0.717) is 5.69 Å². The van der Waals surface area contributed by atoms with Crippen LogP contribution < -0.4 is 11.1 Å². The smallest absolute Gasteiger partial charge is 0.271 e. The highest BCUT2D eigenvalue weighted by molar-refractivity contribution is 6.34. The Bertz CT molecular complexity index is 657. The van der Waals surface area contributed by atoms with Crippen molar-refractivity contribution in [1.82, 2.24) is 10.5 Å². The van der Waals surface area contributed by atoms with Crippen LogP contribution in [-0.2, 0) is 6.54 Å². The molecule has 20 heavy (non-hydrogen) atoms. The lowest BCUT2D eigenvalue weighted by Gasteiger charge is -2.07. The highest BCUT2D eigenvalue weighted by Crippen LogP contribution is 2.28. The van der Waals surface area contributed by atoms with Crippen LogP contribution in [0.3, 0.4) is 0 Å². The van der Waals surface area contributed by atoms with E-state index in [0.717, 1.165) is 12.1 Å². The van der Waals surface area contributed by atoms with Gasteiger partial charge in [0.1, 0.15) is 12.0 Å². The molecule has 0 saturated carbocycles. The molecular weight excluding hydrogens is 288 g/mol. The third kappa shape index (κ3) is 2.86. The quantitative estimate of drug-likeness (QED) is 0.503. The monoisotopic (exact) mass is 296 g/mol. The van der Waals surface area contributed by atoms with Crippen molar-refractivity contribution < 1.29 is 14.2 Å². The Kier molecular flexibility index (Phi) is 3.85. The van der Waals surface area contributed by atoms with E-state index in [1.807, 2.05) is 0 Å². The van der Waals surface area contributed by atoms with Gasteiger partial charge in [-0.1, -0.05) is 16.8 Å². The van der Waals surface area contributed by atoms with E-state index in [-0.39, 0.29) is 28.5 Å². The summed E-state index contributed by atoms with van der Waals surface area (Å²) >= 11 is 5.77. The van der Waals surface area contributed by atoms with E-state index in [2.05, 4.69) is 15.0 Å². The minimum Gasteiger partial charge on any atom is -0.397 e. The van der Waals surface area contributed by atoms with Gasteiger partial charge in [0.15, 0.2) is 0 Å². The molecule has 1 aromatic carbocycles. The number of aromatic nitrogens is 1. The van der Waals surface area contributed by atoms with Crippen molar-refractivity contribution in [3.05, 3.63) is 50.9 Å². The number of benzene rings is 1. The summed E-state index contributed by atoms with van der Waals surface area (Å²) in [5.74, 6) is -0.587. The van der Waals surface area contributed by atoms with Crippen molar-refractivity contribution in [1.29, 1.82) is 0 Å². The summed E-state index contributed by atoms with van der Waals surface area (Å²) in [6.45, 7) is 0.106. The Morgan fingerprint density at radius 2 is 2.30 bits per heavy atom. The summed E-state index contributed by atoms with van der Waals surface area (Å²) in [6, 6.07) is 3.73. The van der Waals surface area contributed by atoms with Gasteiger partial charge in [-0.05, 0) is 0 Å². The third-order valence-corrected chi connectivity index (χ3v) is 2.80. The second-order valence-electron chi connectivity index (χ2n) is 3.82. The molecule has 2 rings (SSSR count). The number of nitrogens with zero attached hydrogens (tertiary/aromatic N) is 2. The number of nitro groups is 1. The van der Waals surface area contributed by atoms with Crippen molar-refractivity contribution in [2.75, 3.05) is 5.73 Å². The van der Waals surface area contributed by atoms with Crippen LogP contribution in [0, 0.1) is 10.1 Å². The van der Waals surface area contributed by atoms with Gasteiger partial charge in [-0.15, -0.1) is 0 Å². The molecule has 0 unspecified atom stereocenters. The maximum atomic E-state index is 12.0. The third-order valence-electron chi connectivity index (χ3n) is 2.49. The minimum atomic E-state index is -0.653. The van der Waals surface area contributed by atoms with E-state index in [9.17, 15) is 14.9 Å². The van der Waals surface area contributed by atoms with Gasteiger partial charge in [-0.25, -0.2) is 0 Å². The number of anilines is 1. The van der Waals surface area contributed by atoms with Gasteiger partial charge in [0.2, 0.25) is 0 Å². The molecule has 0 aliphatic carbocycles. The molecule has 0 aliphatic heterocycles. The first kappa shape index (κ1) is 13.8. The Hall–Kier alpha value is -2.61. The predicted octanol–water partition coefficient (Wildman–Crippen LogP) is 1.75. The molecule has 2 aromatic rings. The molecule has 0 bridgehead atoms. The number of nitrogens with two attached hydrogens (primary N) is 1. The lowest BCUT2D eigenvalue weighted by Crippen LogP contribution is -2.24. The highest BCUT2D eigenvalue weighted by Gasteiger charge is 2.18. The van der Waals surface area contributed by atoms with Crippen LogP contribution in [0.2, 0.25) is 5.02 Å². The molecular formula is C11H9ClN4O4. The number of halogens is 1. The van der Waals surface area contributed by atoms with Crippen molar-refractivity contribution in [3.8, 4) is 0 Å². The zero-order valence-electron chi connectivity index (χ0n) is 10.00. The van der Waals surface area contributed by atoms with Crippen LogP contribution >= 0.6 is 11.6 Å². The standard InChI is InChI=1S/C11H9ClN4O4/c12-9-4-7(16(18)19)3-8(10(9)13)11(17)14-5-6-1-2-20-15-6/h1-4H,5,13H2,(H,14,17). The SMILES string of the molecule is Nc1c(Cl)cc([N+](=O)[O-])cc1C(=O)NCc1ccon1. The zero-order chi connectivity index (χ0) is 14.7. The number of non-ortho nitro benzene ring substituents is 1. The number of amides is 1. The predicted molar refractivity (Wildman–Crippen MR) is 70.2 cm³/mol. The number of nitro benzene ring substituents is 1. The molecule has 8 nitrogen and oxygen atoms in total. The van der Waals surface area contributed by atoms with Gasteiger partial charge in [0.05, 0.1) is 27.7 Å². The normalized spacial score (nSPS) is 10.2. The number of hydrogen-bond donors (Lipinski definition) is 2. The Morgan fingerprint density at radius 1 is 1.55 bits per heavy atom. The second-order valence-corrected chi connectivity index (χ2v) is 4.23. The summed E-state index contributed by atoms with van der Waals surface area (Å²) < 4.78 is 4.61. The summed E-state index contributed by atoms with van der Waals surface area (Å²) in [6.07, 6.45) is 1.36. The fourth-order valence-corrected chi connectivity index (χ4v) is 1.71. The molecule has 3 N–H and O–H groups in total. The first-order valence-electron chi connectivity index (χ1n) is 5.40. The summed E-state index contributed by atoms with van der Waals surface area (Å²) in [5, 5.41) is 16.8. The fraction of sp³-hybridized carbons (Fsp3) is 0.0909. The zero-order valence-corrected chi connectivity index (χ0v) is 10.8. The average molecular weight is 297 g/mol. The number of hydrogen-bond acceptors (Lipinski definition) is 6. The Labute approximate surface area is 117 Å². The molecule has 1 amide bonds. The molecule has 0 radical (unpaired) electrons. The molecule has 0 fully saturated rings. The fourth-order valence-electron chi connectivity index (χ4n) is 1.49. The van der Waals surface area contributed by atoms with Crippen molar-refractivity contribution >= 4 is 28.9 Å². The number of rotatable bonds is 4. The maximum Gasteiger partial charge on any atom is 0.271 e. The van der Waals surface area contributed by atoms with E-state index >= 15 is 0 Å². The Morgan fingerprint density at radius 3 is 2.90 bits per heavy atom. The highest BCUT2D eigenvalue weighted by atomic mass is 35.5. The van der Waals surface area contributed by atoms with E-state index in [1.165, 1.54) is 6.26 Å². The number of nitrogens with one attached hydrogen (secondary N) is 1. The van der Waals surface area contributed by atoms with E-state index in [1.54, 1.807) is 6.07 Å². The summed E-state index contributed by atoms with van der Waals surface area (Å²) in [7, 11) is 0. The maximum absolute atomic E-state index is 12.0. The molecule has 0 aliphatic rings. The first-order chi connectivity index (χ1) is 9.49. The van der Waals surface area contributed by atoms with Crippen LogP contribution in [0.1, 0.15) is 16.1 Å². The molecule has 104 valence electrons. The number of carbonyl (C=O) groups excluding carboxylic acids is 1. The van der Waals surface area contributed by atoms with Gasteiger partial charge in [-0.3, -0.25) is 14.9 Å². The molecule has 1 aromatic heterocycles. The van der Waals surface area contributed by atoms with Gasteiger partial charge >= 0.3 is 0 Å². The number of nitrogen functional groups attached to an aromatic ring is 1. The van der Waals surface area contributed by atoms with E-state index < -0.39 is 10.8 Å². The first-order valence-corrected chi connectivity index (χ1v) is 5.77. The van der Waals surface area contributed by atoms with Crippen LogP contribution in [0.15, 0.2) is 29.0 Å². The molecule has 0 spiro atoms. The van der Waals surface area contributed by atoms with Gasteiger partial charge in [-0.2, -0.15) is 0 Å². The molecule has 9 heteroatoms. The lowest BCUT2D eigenvalue weighted by atomic mass is 10.1. The molecule has 0 saturated heterocycles. The molecule has 1 heterocycles. The summed E-state index contributed by atoms with van der Waals surface area (Å²) in [4.78, 5) is 22.0. The van der Waals surface area contributed by atoms with Crippen LogP contribution in [0.5, 0.6) is 0 Å². The van der Waals surface area contributed by atoms with E-state index in [4.69, 9.17) is 17.3 Å². The van der Waals surface area contributed by atoms with Crippen LogP contribution in [-0.4, -0.2) is 16.0 Å². The topological polar surface area (TPSA) is 124 Å². The molecule has 0 atom stereocenters. The van der Waals surface area contributed by atoms with Gasteiger partial charge in [0.25, 0.3) is 11.6 Å². The van der Waals surface area contributed by atoms with Gasteiger partial charge < -0.3 is 15.6 Å². The largest absolute Gasteiger partial charge is 0.397 e. The van der Waals surface area contributed by atoms with Crippen molar-refractivity contribution in [3.63, 3.8) is 0 Å². The van der Waals surface area contributed by atoms with Crippen molar-refractivity contribution in [2.45, 2.75) is 6.54 Å². The summed E-state index contributed by atoms with van der Waals surface area (Å²) in [5.41, 5.74) is 5.77. The van der Waals surface area contributed by atoms with Crippen LogP contribution in [0.25, 0.3) is 0 Å². The van der Waals surface area contributed by atoms with Crippen molar-refractivity contribution in [2.24, 2.45) is 0 Å². The average Bonchev–Trinajstić information content (AvgIpc) is 2.92.